The van der Waals surface area contributed by atoms with E-state index in [4.69, 9.17) is 20.6 Å². The van der Waals surface area contributed by atoms with E-state index in [1.165, 1.54) is 0 Å². The maximum Gasteiger partial charge on any atom is 0.181 e. The van der Waals surface area contributed by atoms with Crippen LogP contribution in [0.25, 0.3) is 22.2 Å². The lowest BCUT2D eigenvalue weighted by Crippen LogP contribution is -2.17. The second-order valence-electron chi connectivity index (χ2n) is 7.99. The average molecular weight is 451 g/mol. The minimum Gasteiger partial charge on any atom is -0.494 e. The molecule has 3 aromatic carbocycles. The molecule has 7 nitrogen and oxygen atoms in total. The Labute approximate surface area is 198 Å². The molecule has 5 aromatic rings. The highest BCUT2D eigenvalue weighted by atomic mass is 16.5. The molecule has 0 fully saturated rings. The van der Waals surface area contributed by atoms with Gasteiger partial charge in [0, 0.05) is 29.9 Å². The number of nitrogens with zero attached hydrogens (tertiary/aromatic N) is 4. The molecule has 0 saturated heterocycles. The predicted octanol–water partition coefficient (Wildman–Crippen LogP) is 5.21. The quantitative estimate of drug-likeness (QED) is 0.354. The molecule has 0 aliphatic carbocycles. The molecule has 34 heavy (non-hydrogen) atoms. The Morgan fingerprint density at radius 2 is 1.79 bits per heavy atom. The molecule has 0 aliphatic heterocycles. The summed E-state index contributed by atoms with van der Waals surface area (Å²) in [7, 11) is 1.92. The van der Waals surface area contributed by atoms with Crippen LogP contribution in [-0.2, 0) is 7.05 Å². The molecular weight excluding hydrogens is 424 g/mol. The van der Waals surface area contributed by atoms with E-state index in [2.05, 4.69) is 28.5 Å². The zero-order chi connectivity index (χ0) is 23.5. The SMILES string of the molecule is CCOc1ccc(C(Nc2ccc3c(N)nccc3c2)c2nc(-c3ccccc3)nn2C)cc1. The Morgan fingerprint density at radius 3 is 2.56 bits per heavy atom. The molecule has 0 radical (unpaired) electrons. The smallest absolute Gasteiger partial charge is 0.181 e. The fourth-order valence-electron chi connectivity index (χ4n) is 4.04. The third-order valence-corrected chi connectivity index (χ3v) is 5.72. The number of nitrogens with one attached hydrogen (secondary N) is 1. The molecule has 0 amide bonds. The van der Waals surface area contributed by atoms with E-state index in [1.807, 2.05) is 79.3 Å². The number of ether oxygens (including phenoxy) is 1. The van der Waals surface area contributed by atoms with Crippen molar-refractivity contribution < 1.29 is 4.74 Å². The minimum atomic E-state index is -0.234. The van der Waals surface area contributed by atoms with Crippen LogP contribution in [0.2, 0.25) is 0 Å². The Hall–Kier alpha value is -4.39. The van der Waals surface area contributed by atoms with Crippen molar-refractivity contribution >= 4 is 22.3 Å². The van der Waals surface area contributed by atoms with Gasteiger partial charge in [-0.2, -0.15) is 5.10 Å². The topological polar surface area (TPSA) is 90.9 Å². The van der Waals surface area contributed by atoms with E-state index < -0.39 is 0 Å². The summed E-state index contributed by atoms with van der Waals surface area (Å²) in [5, 5.41) is 10.3. The van der Waals surface area contributed by atoms with Gasteiger partial charge in [0.2, 0.25) is 0 Å². The fourth-order valence-corrected chi connectivity index (χ4v) is 4.04. The van der Waals surface area contributed by atoms with Gasteiger partial charge in [-0.1, -0.05) is 42.5 Å². The molecule has 1 atom stereocenters. The third-order valence-electron chi connectivity index (χ3n) is 5.72. The number of nitrogens with two attached hydrogens (primary N) is 1. The molecule has 0 spiro atoms. The summed E-state index contributed by atoms with van der Waals surface area (Å²) < 4.78 is 7.47. The summed E-state index contributed by atoms with van der Waals surface area (Å²) in [4.78, 5) is 9.10. The first-order chi connectivity index (χ1) is 16.6. The largest absolute Gasteiger partial charge is 0.494 e. The van der Waals surface area contributed by atoms with Gasteiger partial charge in [-0.25, -0.2) is 9.97 Å². The first-order valence-electron chi connectivity index (χ1n) is 11.2. The van der Waals surface area contributed by atoms with Crippen molar-refractivity contribution in [2.45, 2.75) is 13.0 Å². The Kier molecular flexibility index (Phi) is 5.82. The van der Waals surface area contributed by atoms with Gasteiger partial charge in [0.05, 0.1) is 6.61 Å². The highest BCUT2D eigenvalue weighted by Gasteiger charge is 2.22. The van der Waals surface area contributed by atoms with E-state index in [9.17, 15) is 0 Å². The van der Waals surface area contributed by atoms with E-state index in [0.29, 0.717) is 18.2 Å². The summed E-state index contributed by atoms with van der Waals surface area (Å²) in [6.45, 7) is 2.60. The van der Waals surface area contributed by atoms with Gasteiger partial charge in [-0.05, 0) is 54.3 Å². The summed E-state index contributed by atoms with van der Waals surface area (Å²) in [6.07, 6.45) is 1.72. The van der Waals surface area contributed by atoms with E-state index in [-0.39, 0.29) is 6.04 Å². The van der Waals surface area contributed by atoms with Crippen molar-refractivity contribution in [1.29, 1.82) is 0 Å². The highest BCUT2D eigenvalue weighted by Crippen LogP contribution is 2.30. The second kappa shape index (κ2) is 9.23. The molecule has 170 valence electrons. The number of aromatic nitrogens is 4. The van der Waals surface area contributed by atoms with E-state index >= 15 is 0 Å². The molecule has 0 aliphatic rings. The van der Waals surface area contributed by atoms with E-state index in [0.717, 1.165) is 39.2 Å². The molecule has 0 bridgehead atoms. The molecule has 2 heterocycles. The molecular formula is C27H26N6O. The predicted molar refractivity (Wildman–Crippen MR) is 136 cm³/mol. The monoisotopic (exact) mass is 450 g/mol. The van der Waals surface area contributed by atoms with Crippen LogP contribution in [0.5, 0.6) is 5.75 Å². The minimum absolute atomic E-state index is 0.234. The van der Waals surface area contributed by atoms with Crippen molar-refractivity contribution in [2.24, 2.45) is 7.05 Å². The zero-order valence-electron chi connectivity index (χ0n) is 19.1. The summed E-state index contributed by atoms with van der Waals surface area (Å²) in [5.74, 6) is 2.85. The van der Waals surface area contributed by atoms with Crippen LogP contribution in [0.3, 0.4) is 0 Å². The van der Waals surface area contributed by atoms with Gasteiger partial charge in [-0.3, -0.25) is 4.68 Å². The molecule has 3 N–H and O–H groups in total. The highest BCUT2D eigenvalue weighted by molar-refractivity contribution is 5.92. The van der Waals surface area contributed by atoms with Gasteiger partial charge < -0.3 is 15.8 Å². The van der Waals surface area contributed by atoms with Crippen molar-refractivity contribution in [2.75, 3.05) is 17.7 Å². The number of aryl methyl sites for hydroxylation is 1. The molecule has 2 aromatic heterocycles. The van der Waals surface area contributed by atoms with Gasteiger partial charge in [-0.15, -0.1) is 0 Å². The summed E-state index contributed by atoms with van der Waals surface area (Å²) >= 11 is 0. The number of benzene rings is 3. The lowest BCUT2D eigenvalue weighted by atomic mass is 10.0. The number of pyridine rings is 1. The maximum absolute atomic E-state index is 6.04. The third kappa shape index (κ3) is 4.28. The zero-order valence-corrected chi connectivity index (χ0v) is 19.1. The van der Waals surface area contributed by atoms with Gasteiger partial charge >= 0.3 is 0 Å². The standard InChI is InChI=1S/C27H26N6O/c1-3-34-22-12-9-18(10-13-22)24(27-31-26(32-33(27)2)19-7-5-4-6-8-19)30-21-11-14-23-20(17-21)15-16-29-25(23)28/h4-17,24,30H,3H2,1-2H3,(H2,28,29). The van der Waals surface area contributed by atoms with Crippen LogP contribution in [-0.4, -0.2) is 26.4 Å². The van der Waals surface area contributed by atoms with Gasteiger partial charge in [0.15, 0.2) is 11.6 Å². The Bertz CT molecular complexity index is 1410. The van der Waals surface area contributed by atoms with Crippen LogP contribution in [0.1, 0.15) is 24.4 Å². The van der Waals surface area contributed by atoms with Crippen LogP contribution in [0.4, 0.5) is 11.5 Å². The number of anilines is 2. The van der Waals surface area contributed by atoms with Gasteiger partial charge in [0.25, 0.3) is 0 Å². The van der Waals surface area contributed by atoms with Crippen LogP contribution >= 0.6 is 0 Å². The molecule has 1 unspecified atom stereocenters. The van der Waals surface area contributed by atoms with Crippen molar-refractivity contribution in [3.05, 3.63) is 96.4 Å². The second-order valence-corrected chi connectivity index (χ2v) is 7.99. The number of fused-ring (bicyclic) bond motifs is 1. The van der Waals surface area contributed by atoms with E-state index in [1.54, 1.807) is 6.20 Å². The average Bonchev–Trinajstić information content (AvgIpc) is 3.25. The number of rotatable bonds is 7. The first-order valence-corrected chi connectivity index (χ1v) is 11.2. The first kappa shape index (κ1) is 21.5. The lowest BCUT2D eigenvalue weighted by molar-refractivity contribution is 0.340. The lowest BCUT2D eigenvalue weighted by Gasteiger charge is -2.20. The van der Waals surface area contributed by atoms with Crippen LogP contribution in [0, 0.1) is 0 Å². The van der Waals surface area contributed by atoms with Crippen molar-refractivity contribution in [3.8, 4) is 17.1 Å². The fraction of sp³-hybridized carbons (Fsp3) is 0.148. The number of nitrogen functional groups attached to an aromatic ring is 1. The maximum atomic E-state index is 6.04. The molecule has 0 saturated carbocycles. The number of hydrogen-bond donors (Lipinski definition) is 2. The molecule has 5 rings (SSSR count). The summed E-state index contributed by atoms with van der Waals surface area (Å²) in [6, 6.07) is 25.9. The van der Waals surface area contributed by atoms with Crippen LogP contribution in [0.15, 0.2) is 85.1 Å². The summed E-state index contributed by atoms with van der Waals surface area (Å²) in [5.41, 5.74) is 9.01. The molecule has 7 heteroatoms. The van der Waals surface area contributed by atoms with Gasteiger partial charge in [0.1, 0.15) is 17.6 Å². The normalized spacial score (nSPS) is 11.9. The Balaban J connectivity index is 1.56. The van der Waals surface area contributed by atoms with Crippen LogP contribution < -0.4 is 15.8 Å². The Morgan fingerprint density at radius 1 is 1.00 bits per heavy atom. The number of hydrogen-bond acceptors (Lipinski definition) is 6. The van der Waals surface area contributed by atoms with Crippen molar-refractivity contribution in [1.82, 2.24) is 19.7 Å². The van der Waals surface area contributed by atoms with Crippen molar-refractivity contribution in [3.63, 3.8) is 0 Å².